The second kappa shape index (κ2) is 9.66. The Hall–Kier alpha value is -3.33. The van der Waals surface area contributed by atoms with E-state index in [4.69, 9.17) is 0 Å². The molecule has 8 nitrogen and oxygen atoms in total. The molecule has 1 aliphatic rings. The smallest absolute Gasteiger partial charge is 0.269 e. The average Bonchev–Trinajstić information content (AvgIpc) is 2.82. The molecule has 4 rings (SSSR count). The highest BCUT2D eigenvalue weighted by atomic mass is 19.1. The number of benzene rings is 1. The summed E-state index contributed by atoms with van der Waals surface area (Å²) in [6.45, 7) is 9.92. The molecule has 0 radical (unpaired) electrons. The maximum Gasteiger partial charge on any atom is 0.269 e. The first kappa shape index (κ1) is 22.8. The number of nitrogens with zero attached hydrogens (tertiary/aromatic N) is 4. The third kappa shape index (κ3) is 4.88. The van der Waals surface area contributed by atoms with Gasteiger partial charge in [0.15, 0.2) is 5.82 Å². The summed E-state index contributed by atoms with van der Waals surface area (Å²) in [7, 11) is 0. The summed E-state index contributed by atoms with van der Waals surface area (Å²) in [5.74, 6) is -0.573. The lowest BCUT2D eigenvalue weighted by Gasteiger charge is -2.36. The molecule has 0 saturated carbocycles. The van der Waals surface area contributed by atoms with E-state index in [9.17, 15) is 14.0 Å². The van der Waals surface area contributed by atoms with Gasteiger partial charge in [-0.2, -0.15) is 0 Å². The maximum atomic E-state index is 14.7. The van der Waals surface area contributed by atoms with Crippen LogP contribution in [0.3, 0.4) is 0 Å². The molecule has 1 fully saturated rings. The van der Waals surface area contributed by atoms with Gasteiger partial charge in [-0.05, 0) is 49.6 Å². The van der Waals surface area contributed by atoms with E-state index in [0.29, 0.717) is 24.3 Å². The van der Waals surface area contributed by atoms with E-state index in [1.54, 1.807) is 19.2 Å². The van der Waals surface area contributed by atoms with Crippen LogP contribution in [0, 0.1) is 19.7 Å². The molecule has 2 N–H and O–H groups in total. The zero-order valence-corrected chi connectivity index (χ0v) is 19.2. The molecule has 1 aliphatic heterocycles. The summed E-state index contributed by atoms with van der Waals surface area (Å²) < 4.78 is 14.7. The van der Waals surface area contributed by atoms with Gasteiger partial charge >= 0.3 is 0 Å². The van der Waals surface area contributed by atoms with E-state index in [1.165, 1.54) is 6.07 Å². The number of hydrogen-bond acceptors (Lipinski definition) is 6. The molecule has 1 saturated heterocycles. The van der Waals surface area contributed by atoms with Crippen LogP contribution < -0.4 is 15.8 Å². The van der Waals surface area contributed by atoms with Crippen LogP contribution in [0.4, 0.5) is 10.1 Å². The first-order valence-corrected chi connectivity index (χ1v) is 11.3. The molecule has 1 aromatic carbocycles. The third-order valence-electron chi connectivity index (χ3n) is 6.11. The number of amides is 1. The third-order valence-corrected chi connectivity index (χ3v) is 6.11. The second-order valence-corrected chi connectivity index (χ2v) is 8.44. The minimum Gasteiger partial charge on any atom is -0.368 e. The molecular weight excluding hydrogens is 423 g/mol. The fourth-order valence-electron chi connectivity index (χ4n) is 4.08. The van der Waals surface area contributed by atoms with Crippen LogP contribution in [0.15, 0.2) is 29.2 Å². The van der Waals surface area contributed by atoms with Crippen molar-refractivity contribution in [1.82, 2.24) is 25.2 Å². The summed E-state index contributed by atoms with van der Waals surface area (Å²) in [5.41, 5.74) is 3.73. The van der Waals surface area contributed by atoms with Crippen LogP contribution in [0.5, 0.6) is 0 Å². The number of halogens is 1. The van der Waals surface area contributed by atoms with Crippen LogP contribution in [0.2, 0.25) is 0 Å². The minimum absolute atomic E-state index is 0.155. The van der Waals surface area contributed by atoms with Crippen LogP contribution >= 0.6 is 0 Å². The van der Waals surface area contributed by atoms with Crippen molar-refractivity contribution in [1.29, 1.82) is 0 Å². The topological polar surface area (TPSA) is 94.2 Å². The maximum absolute atomic E-state index is 14.7. The van der Waals surface area contributed by atoms with Crippen molar-refractivity contribution in [3.63, 3.8) is 0 Å². The number of piperazine rings is 1. The van der Waals surface area contributed by atoms with E-state index in [1.807, 2.05) is 19.9 Å². The Kier molecular flexibility index (Phi) is 6.69. The summed E-state index contributed by atoms with van der Waals surface area (Å²) in [4.78, 5) is 39.7. The van der Waals surface area contributed by atoms with Crippen LogP contribution in [-0.4, -0.2) is 58.5 Å². The molecule has 0 atom stereocenters. The number of rotatable bonds is 6. The van der Waals surface area contributed by atoms with Crippen molar-refractivity contribution >= 4 is 22.6 Å². The van der Waals surface area contributed by atoms with Gasteiger partial charge in [-0.15, -0.1) is 0 Å². The number of H-pyrrole nitrogens is 1. The number of aromatic amines is 1. The van der Waals surface area contributed by atoms with Gasteiger partial charge in [0.1, 0.15) is 16.9 Å². The van der Waals surface area contributed by atoms with Gasteiger partial charge < -0.3 is 15.2 Å². The predicted molar refractivity (Wildman–Crippen MR) is 126 cm³/mol. The van der Waals surface area contributed by atoms with Gasteiger partial charge in [-0.1, -0.05) is 6.92 Å². The van der Waals surface area contributed by atoms with Crippen LogP contribution in [0.1, 0.15) is 40.7 Å². The number of pyridine rings is 1. The Morgan fingerprint density at radius 2 is 1.97 bits per heavy atom. The highest BCUT2D eigenvalue weighted by Crippen LogP contribution is 2.24. The van der Waals surface area contributed by atoms with Crippen LogP contribution in [0.25, 0.3) is 11.0 Å². The Balaban J connectivity index is 1.41. The van der Waals surface area contributed by atoms with Crippen molar-refractivity contribution in [3.8, 4) is 0 Å². The van der Waals surface area contributed by atoms with Crippen molar-refractivity contribution in [3.05, 3.63) is 63.1 Å². The number of carbonyl (C=O) groups is 1. The van der Waals surface area contributed by atoms with E-state index in [-0.39, 0.29) is 22.7 Å². The molecule has 3 heterocycles. The molecule has 0 unspecified atom stereocenters. The van der Waals surface area contributed by atoms with E-state index in [0.717, 1.165) is 49.4 Å². The van der Waals surface area contributed by atoms with Crippen molar-refractivity contribution in [2.24, 2.45) is 0 Å². The first-order chi connectivity index (χ1) is 15.9. The lowest BCUT2D eigenvalue weighted by Crippen LogP contribution is -2.46. The Bertz CT molecular complexity index is 1220. The number of anilines is 1. The SMILES string of the molecule is CCCNC(=O)c1ccc(N2CCN(Cc3cc(F)c4nc(C)c(=O)[nH]c4c3C)CC2)cn1. The number of carbonyl (C=O) groups excluding carboxylic acids is 1. The normalized spacial score (nSPS) is 14.6. The quantitative estimate of drug-likeness (QED) is 0.597. The minimum atomic E-state index is -0.419. The number of aryl methyl sites for hydroxylation is 2. The number of nitrogens with one attached hydrogen (secondary N) is 2. The summed E-state index contributed by atoms with van der Waals surface area (Å²) in [6.07, 6.45) is 2.62. The summed E-state index contributed by atoms with van der Waals surface area (Å²) in [6, 6.07) is 5.21. The van der Waals surface area contributed by atoms with Crippen molar-refractivity contribution < 1.29 is 9.18 Å². The lowest BCUT2D eigenvalue weighted by molar-refractivity contribution is 0.0948. The number of hydrogen-bond donors (Lipinski definition) is 2. The van der Waals surface area contributed by atoms with Crippen LogP contribution in [-0.2, 0) is 6.54 Å². The molecule has 3 aromatic rings. The molecule has 0 spiro atoms. The van der Waals surface area contributed by atoms with Gasteiger partial charge in [0.05, 0.1) is 17.4 Å². The molecule has 174 valence electrons. The molecule has 33 heavy (non-hydrogen) atoms. The van der Waals surface area contributed by atoms with Crippen molar-refractivity contribution in [2.75, 3.05) is 37.6 Å². The molecular formula is C24H29FN6O2. The number of fused-ring (bicyclic) bond motifs is 1. The van der Waals surface area contributed by atoms with Gasteiger partial charge in [-0.25, -0.2) is 14.4 Å². The largest absolute Gasteiger partial charge is 0.368 e. The van der Waals surface area contributed by atoms with Gasteiger partial charge in [0, 0.05) is 39.3 Å². The Morgan fingerprint density at radius 1 is 1.21 bits per heavy atom. The Morgan fingerprint density at radius 3 is 2.64 bits per heavy atom. The fourth-order valence-corrected chi connectivity index (χ4v) is 4.08. The first-order valence-electron chi connectivity index (χ1n) is 11.3. The summed E-state index contributed by atoms with van der Waals surface area (Å²) >= 11 is 0. The molecule has 0 aliphatic carbocycles. The standard InChI is InChI=1S/C24H29FN6O2/c1-4-7-26-24(33)20-6-5-18(13-27-20)31-10-8-30(9-11-31)14-17-12-19(25)22-21(15(17)2)29-23(32)16(3)28-22/h5-6,12-13H,4,7-11,14H2,1-3H3,(H,26,33)(H,29,32). The van der Waals surface area contributed by atoms with Crippen molar-refractivity contribution in [2.45, 2.75) is 33.7 Å². The number of aromatic nitrogens is 3. The second-order valence-electron chi connectivity index (χ2n) is 8.44. The zero-order valence-electron chi connectivity index (χ0n) is 19.2. The average molecular weight is 453 g/mol. The molecule has 0 bridgehead atoms. The fraction of sp³-hybridized carbons (Fsp3) is 0.417. The monoisotopic (exact) mass is 452 g/mol. The van der Waals surface area contributed by atoms with E-state index < -0.39 is 5.82 Å². The molecule has 9 heteroatoms. The Labute approximate surface area is 191 Å². The highest BCUT2D eigenvalue weighted by Gasteiger charge is 2.20. The van der Waals surface area contributed by atoms with E-state index >= 15 is 0 Å². The lowest BCUT2D eigenvalue weighted by atomic mass is 10.0. The van der Waals surface area contributed by atoms with E-state index in [2.05, 4.69) is 30.1 Å². The molecule has 2 aromatic heterocycles. The van der Waals surface area contributed by atoms with Gasteiger partial charge in [0.25, 0.3) is 11.5 Å². The molecule has 1 amide bonds. The van der Waals surface area contributed by atoms with Gasteiger partial charge in [-0.3, -0.25) is 14.5 Å². The highest BCUT2D eigenvalue weighted by molar-refractivity contribution is 5.92. The predicted octanol–water partition coefficient (Wildman–Crippen LogP) is 2.54. The summed E-state index contributed by atoms with van der Waals surface area (Å²) in [5, 5.41) is 2.83. The zero-order chi connectivity index (χ0) is 23.5. The van der Waals surface area contributed by atoms with Gasteiger partial charge in [0.2, 0.25) is 0 Å².